The average molecular weight is 353 g/mol. The third kappa shape index (κ3) is 4.04. The lowest BCUT2D eigenvalue weighted by Gasteiger charge is -2.16. The van der Waals surface area contributed by atoms with Gasteiger partial charge in [0.2, 0.25) is 5.91 Å². The fourth-order valence-electron chi connectivity index (χ4n) is 3.36. The van der Waals surface area contributed by atoms with Gasteiger partial charge in [-0.05, 0) is 36.2 Å². The molecular weight excluding hydrogens is 333 g/mol. The number of hydrogen-bond acceptors (Lipinski definition) is 3. The first-order valence-corrected chi connectivity index (χ1v) is 8.70. The Kier molecular flexibility index (Phi) is 5.56. The molecule has 1 unspecified atom stereocenters. The summed E-state index contributed by atoms with van der Waals surface area (Å²) in [7, 11) is 0. The molecule has 2 aromatic rings. The summed E-state index contributed by atoms with van der Waals surface area (Å²) in [6.45, 7) is 0.452. The number of halogens is 1. The molecular formula is C21H20FNO3. The molecule has 0 aromatic heterocycles. The average Bonchev–Trinajstić information content (AvgIpc) is 3.04. The molecule has 1 N–H and O–H groups in total. The molecule has 1 saturated heterocycles. The van der Waals surface area contributed by atoms with Crippen molar-refractivity contribution in [2.45, 2.75) is 25.2 Å². The van der Waals surface area contributed by atoms with Gasteiger partial charge in [-0.1, -0.05) is 30.3 Å². The van der Waals surface area contributed by atoms with Crippen LogP contribution < -0.4 is 5.32 Å². The monoisotopic (exact) mass is 353 g/mol. The second-order valence-corrected chi connectivity index (χ2v) is 6.49. The van der Waals surface area contributed by atoms with Gasteiger partial charge in [0.1, 0.15) is 17.5 Å². The molecule has 0 aliphatic carbocycles. The van der Waals surface area contributed by atoms with Crippen LogP contribution in [0.25, 0.3) is 0 Å². The molecule has 1 fully saturated rings. The van der Waals surface area contributed by atoms with E-state index in [1.807, 2.05) is 30.3 Å². The Hall–Kier alpha value is -2.82. The van der Waals surface area contributed by atoms with Gasteiger partial charge in [0.15, 0.2) is 5.78 Å². The third-order valence-electron chi connectivity index (χ3n) is 4.75. The second-order valence-electron chi connectivity index (χ2n) is 6.49. The fourth-order valence-corrected chi connectivity index (χ4v) is 3.36. The van der Waals surface area contributed by atoms with Gasteiger partial charge in [-0.15, -0.1) is 0 Å². The Morgan fingerprint density at radius 2 is 1.69 bits per heavy atom. The summed E-state index contributed by atoms with van der Waals surface area (Å²) in [5.41, 5.74) is 1.39. The van der Waals surface area contributed by atoms with Crippen LogP contribution in [0.1, 0.15) is 41.1 Å². The maximum atomic E-state index is 12.9. The summed E-state index contributed by atoms with van der Waals surface area (Å²) in [5.74, 6) is -1.76. The predicted molar refractivity (Wildman–Crippen MR) is 95.3 cm³/mol. The summed E-state index contributed by atoms with van der Waals surface area (Å²) < 4.78 is 12.9. The van der Waals surface area contributed by atoms with Crippen LogP contribution in [0.3, 0.4) is 0 Å². The maximum absolute atomic E-state index is 12.9. The fraction of sp³-hybridized carbons (Fsp3) is 0.286. The minimum Gasteiger partial charge on any atom is -0.355 e. The summed E-state index contributed by atoms with van der Waals surface area (Å²) in [6, 6.07) is 14.9. The Labute approximate surface area is 151 Å². The molecule has 5 heteroatoms. The van der Waals surface area contributed by atoms with Gasteiger partial charge in [-0.3, -0.25) is 14.4 Å². The standard InChI is InChI=1S/C21H20FNO3/c22-16-11-9-15(10-12-16)18(24)7-4-8-19(25)20-17(13-23-21(20)26)14-5-2-1-3-6-14/h1-3,5-6,9-12,17,20H,4,7-8,13H2,(H,23,26)/t17?,20-/m0/s1. The van der Waals surface area contributed by atoms with Crippen molar-refractivity contribution in [2.75, 3.05) is 6.54 Å². The Morgan fingerprint density at radius 1 is 1.00 bits per heavy atom. The van der Waals surface area contributed by atoms with Gasteiger partial charge in [0.25, 0.3) is 0 Å². The van der Waals surface area contributed by atoms with Crippen molar-refractivity contribution in [1.29, 1.82) is 0 Å². The highest BCUT2D eigenvalue weighted by atomic mass is 19.1. The van der Waals surface area contributed by atoms with Crippen LogP contribution in [0.2, 0.25) is 0 Å². The van der Waals surface area contributed by atoms with Crippen LogP contribution in [0.4, 0.5) is 4.39 Å². The number of carbonyl (C=O) groups is 3. The van der Waals surface area contributed by atoms with Crippen LogP contribution in [-0.2, 0) is 9.59 Å². The van der Waals surface area contributed by atoms with Crippen molar-refractivity contribution in [3.63, 3.8) is 0 Å². The van der Waals surface area contributed by atoms with E-state index in [4.69, 9.17) is 0 Å². The highest BCUT2D eigenvalue weighted by Crippen LogP contribution is 2.30. The van der Waals surface area contributed by atoms with Crippen molar-refractivity contribution in [2.24, 2.45) is 5.92 Å². The smallest absolute Gasteiger partial charge is 0.231 e. The maximum Gasteiger partial charge on any atom is 0.231 e. The summed E-state index contributed by atoms with van der Waals surface area (Å²) in [6.07, 6.45) is 0.746. The van der Waals surface area contributed by atoms with Crippen LogP contribution in [0.15, 0.2) is 54.6 Å². The van der Waals surface area contributed by atoms with Gasteiger partial charge < -0.3 is 5.32 Å². The van der Waals surface area contributed by atoms with Gasteiger partial charge in [0.05, 0.1) is 0 Å². The molecule has 0 spiro atoms. The molecule has 1 aliphatic heterocycles. The summed E-state index contributed by atoms with van der Waals surface area (Å²) in [4.78, 5) is 36.8. The molecule has 2 atom stereocenters. The van der Waals surface area contributed by atoms with Crippen molar-refractivity contribution in [3.05, 3.63) is 71.5 Å². The van der Waals surface area contributed by atoms with E-state index in [-0.39, 0.29) is 36.2 Å². The molecule has 0 bridgehead atoms. The summed E-state index contributed by atoms with van der Waals surface area (Å²) in [5, 5.41) is 2.77. The normalized spacial score (nSPS) is 19.2. The van der Waals surface area contributed by atoms with Gasteiger partial charge >= 0.3 is 0 Å². The number of carbonyl (C=O) groups excluding carboxylic acids is 3. The minimum absolute atomic E-state index is 0.131. The number of amides is 1. The van der Waals surface area contributed by atoms with E-state index >= 15 is 0 Å². The van der Waals surface area contributed by atoms with Gasteiger partial charge in [-0.25, -0.2) is 4.39 Å². The topological polar surface area (TPSA) is 63.2 Å². The molecule has 1 heterocycles. The highest BCUT2D eigenvalue weighted by molar-refractivity contribution is 6.04. The van der Waals surface area contributed by atoms with E-state index in [0.29, 0.717) is 18.5 Å². The predicted octanol–water partition coefficient (Wildman–Crippen LogP) is 3.28. The zero-order chi connectivity index (χ0) is 18.5. The first-order valence-electron chi connectivity index (χ1n) is 8.70. The van der Waals surface area contributed by atoms with E-state index in [2.05, 4.69) is 5.32 Å². The quantitative estimate of drug-likeness (QED) is 0.614. The Morgan fingerprint density at radius 3 is 2.38 bits per heavy atom. The lowest BCUT2D eigenvalue weighted by atomic mass is 9.84. The highest BCUT2D eigenvalue weighted by Gasteiger charge is 2.40. The molecule has 1 aliphatic rings. The Balaban J connectivity index is 1.57. The zero-order valence-corrected chi connectivity index (χ0v) is 14.3. The zero-order valence-electron chi connectivity index (χ0n) is 14.3. The van der Waals surface area contributed by atoms with E-state index in [1.54, 1.807) is 0 Å². The lowest BCUT2D eigenvalue weighted by Crippen LogP contribution is -2.27. The molecule has 2 aromatic carbocycles. The SMILES string of the molecule is O=C(CCCC(=O)[C@H]1C(=O)NCC1c1ccccc1)c1ccc(F)cc1. The second kappa shape index (κ2) is 8.04. The van der Waals surface area contributed by atoms with E-state index in [0.717, 1.165) is 5.56 Å². The van der Waals surface area contributed by atoms with Crippen molar-refractivity contribution < 1.29 is 18.8 Å². The number of benzene rings is 2. The van der Waals surface area contributed by atoms with Crippen molar-refractivity contribution in [1.82, 2.24) is 5.32 Å². The summed E-state index contributed by atoms with van der Waals surface area (Å²) >= 11 is 0. The van der Waals surface area contributed by atoms with E-state index in [1.165, 1.54) is 24.3 Å². The van der Waals surface area contributed by atoms with Gasteiger partial charge in [-0.2, -0.15) is 0 Å². The Bertz CT molecular complexity index is 802. The molecule has 26 heavy (non-hydrogen) atoms. The molecule has 3 rings (SSSR count). The molecule has 134 valence electrons. The number of nitrogens with one attached hydrogen (secondary N) is 1. The van der Waals surface area contributed by atoms with Crippen molar-refractivity contribution >= 4 is 17.5 Å². The first kappa shape index (κ1) is 18.0. The largest absolute Gasteiger partial charge is 0.355 e. The van der Waals surface area contributed by atoms with Crippen molar-refractivity contribution in [3.8, 4) is 0 Å². The molecule has 1 amide bonds. The third-order valence-corrected chi connectivity index (χ3v) is 4.75. The number of ketones is 2. The minimum atomic E-state index is -0.696. The number of Topliss-reactive ketones (excluding diaryl/α,β-unsaturated/α-hetero) is 2. The number of rotatable bonds is 7. The first-order chi connectivity index (χ1) is 12.6. The lowest BCUT2D eigenvalue weighted by molar-refractivity contribution is -0.132. The van der Waals surface area contributed by atoms with Gasteiger partial charge in [0, 0.05) is 30.9 Å². The van der Waals surface area contributed by atoms with Crippen LogP contribution in [-0.4, -0.2) is 24.0 Å². The van der Waals surface area contributed by atoms with E-state index in [9.17, 15) is 18.8 Å². The molecule has 0 radical (unpaired) electrons. The van der Waals surface area contributed by atoms with E-state index < -0.39 is 11.7 Å². The van der Waals surface area contributed by atoms with Crippen LogP contribution >= 0.6 is 0 Å². The molecule has 4 nitrogen and oxygen atoms in total. The number of hydrogen-bond donors (Lipinski definition) is 1. The molecule has 0 saturated carbocycles. The van der Waals surface area contributed by atoms with Crippen LogP contribution in [0.5, 0.6) is 0 Å². The van der Waals surface area contributed by atoms with Crippen LogP contribution in [0, 0.1) is 11.7 Å².